The number of amides is 1. The van der Waals surface area contributed by atoms with Crippen LogP contribution in [0.2, 0.25) is 5.02 Å². The Morgan fingerprint density at radius 2 is 2.00 bits per heavy atom. The van der Waals surface area contributed by atoms with Gasteiger partial charge in [0, 0.05) is 10.6 Å². The predicted molar refractivity (Wildman–Crippen MR) is 102 cm³/mol. The quantitative estimate of drug-likeness (QED) is 0.678. The number of halogens is 1. The molecule has 9 heteroatoms. The van der Waals surface area contributed by atoms with Crippen LogP contribution in [0.1, 0.15) is 20.3 Å². The Labute approximate surface area is 159 Å². The molecule has 6 nitrogen and oxygen atoms in total. The van der Waals surface area contributed by atoms with Crippen molar-refractivity contribution in [2.75, 3.05) is 17.7 Å². The number of carbonyl (C=O) groups excluding carboxylic acids is 2. The molecule has 0 saturated carbocycles. The fraction of sp³-hybridized carbons (Fsp3) is 0.375. The summed E-state index contributed by atoms with van der Waals surface area (Å²) in [5.74, 6) is -0.373. The SMILES string of the molecule is CCOC(=O)CSC(CC)C(=O)Nc1nnc(-c2ccc(Cl)cc2)s1. The number of nitrogens with zero attached hydrogens (tertiary/aromatic N) is 2. The molecule has 25 heavy (non-hydrogen) atoms. The lowest BCUT2D eigenvalue weighted by molar-refractivity contribution is -0.139. The molecule has 0 aliphatic rings. The molecule has 0 aliphatic carbocycles. The van der Waals surface area contributed by atoms with Gasteiger partial charge in [0.05, 0.1) is 17.6 Å². The average molecular weight is 400 g/mol. The molecular weight excluding hydrogens is 382 g/mol. The maximum atomic E-state index is 12.3. The summed E-state index contributed by atoms with van der Waals surface area (Å²) < 4.78 is 4.87. The zero-order valence-electron chi connectivity index (χ0n) is 13.8. The lowest BCUT2D eigenvalue weighted by Crippen LogP contribution is -2.26. The fourth-order valence-corrected chi connectivity index (χ4v) is 3.66. The van der Waals surface area contributed by atoms with Crippen molar-refractivity contribution in [1.82, 2.24) is 10.2 Å². The van der Waals surface area contributed by atoms with Crippen molar-refractivity contribution < 1.29 is 14.3 Å². The Hall–Kier alpha value is -1.64. The smallest absolute Gasteiger partial charge is 0.315 e. The maximum Gasteiger partial charge on any atom is 0.315 e. The lowest BCUT2D eigenvalue weighted by atomic mass is 10.2. The third-order valence-corrected chi connectivity index (χ3v) is 5.61. The fourth-order valence-electron chi connectivity index (χ4n) is 1.92. The molecule has 2 rings (SSSR count). The highest BCUT2D eigenvalue weighted by molar-refractivity contribution is 8.01. The van der Waals surface area contributed by atoms with Crippen molar-refractivity contribution in [2.24, 2.45) is 0 Å². The van der Waals surface area contributed by atoms with E-state index in [4.69, 9.17) is 16.3 Å². The topological polar surface area (TPSA) is 81.2 Å². The van der Waals surface area contributed by atoms with Gasteiger partial charge in [-0.3, -0.25) is 14.9 Å². The summed E-state index contributed by atoms with van der Waals surface area (Å²) in [6, 6.07) is 7.24. The zero-order chi connectivity index (χ0) is 18.2. The van der Waals surface area contributed by atoms with E-state index in [9.17, 15) is 9.59 Å². The molecule has 1 atom stereocenters. The summed E-state index contributed by atoms with van der Waals surface area (Å²) in [4.78, 5) is 23.8. The Morgan fingerprint density at radius 1 is 1.28 bits per heavy atom. The summed E-state index contributed by atoms with van der Waals surface area (Å²) in [6.45, 7) is 3.97. The number of hydrogen-bond acceptors (Lipinski definition) is 7. The second-order valence-corrected chi connectivity index (χ2v) is 7.53. The molecule has 1 unspecified atom stereocenters. The highest BCUT2D eigenvalue weighted by atomic mass is 35.5. The van der Waals surface area contributed by atoms with Crippen LogP contribution in [0.25, 0.3) is 10.6 Å². The van der Waals surface area contributed by atoms with Gasteiger partial charge in [-0.15, -0.1) is 22.0 Å². The Bertz CT molecular complexity index is 722. The van der Waals surface area contributed by atoms with E-state index in [0.29, 0.717) is 28.2 Å². The number of aromatic nitrogens is 2. The highest BCUT2D eigenvalue weighted by Gasteiger charge is 2.20. The number of carbonyl (C=O) groups is 2. The molecule has 0 saturated heterocycles. The molecule has 0 bridgehead atoms. The van der Waals surface area contributed by atoms with Crippen LogP contribution in [0, 0.1) is 0 Å². The monoisotopic (exact) mass is 399 g/mol. The van der Waals surface area contributed by atoms with Crippen LogP contribution < -0.4 is 5.32 Å². The summed E-state index contributed by atoms with van der Waals surface area (Å²) in [6.07, 6.45) is 0.596. The van der Waals surface area contributed by atoms with Crippen LogP contribution in [0.15, 0.2) is 24.3 Å². The number of anilines is 1. The molecule has 1 aromatic carbocycles. The number of ether oxygens (including phenoxy) is 1. The van der Waals surface area contributed by atoms with Crippen molar-refractivity contribution in [3.05, 3.63) is 29.3 Å². The zero-order valence-corrected chi connectivity index (χ0v) is 16.2. The Balaban J connectivity index is 1.95. The van der Waals surface area contributed by atoms with E-state index < -0.39 is 0 Å². The molecule has 0 fully saturated rings. The number of benzene rings is 1. The second kappa shape index (κ2) is 9.74. The lowest BCUT2D eigenvalue weighted by Gasteiger charge is -2.12. The van der Waals surface area contributed by atoms with Crippen molar-refractivity contribution in [1.29, 1.82) is 0 Å². The second-order valence-electron chi connectivity index (χ2n) is 4.92. The van der Waals surface area contributed by atoms with Gasteiger partial charge in [-0.2, -0.15) is 0 Å². The van der Waals surface area contributed by atoms with Crippen molar-refractivity contribution in [3.8, 4) is 10.6 Å². The summed E-state index contributed by atoms with van der Waals surface area (Å²) >= 11 is 8.41. The summed E-state index contributed by atoms with van der Waals surface area (Å²) in [5, 5.41) is 12.2. The molecule has 1 heterocycles. The third kappa shape index (κ3) is 5.98. The van der Waals surface area contributed by atoms with Crippen molar-refractivity contribution >= 4 is 51.7 Å². The molecule has 1 aromatic heterocycles. The van der Waals surface area contributed by atoms with E-state index >= 15 is 0 Å². The van der Waals surface area contributed by atoms with Crippen LogP contribution in [-0.4, -0.2) is 39.7 Å². The number of thioether (sulfide) groups is 1. The highest BCUT2D eigenvalue weighted by Crippen LogP contribution is 2.28. The largest absolute Gasteiger partial charge is 0.465 e. The first-order chi connectivity index (χ1) is 12.0. The first-order valence-electron chi connectivity index (χ1n) is 7.71. The van der Waals surface area contributed by atoms with Gasteiger partial charge in [-0.1, -0.05) is 42.0 Å². The predicted octanol–water partition coefficient (Wildman–Crippen LogP) is 3.87. The molecule has 1 amide bonds. The first kappa shape index (κ1) is 19.7. The number of rotatable bonds is 8. The van der Waals surface area contributed by atoms with Gasteiger partial charge < -0.3 is 4.74 Å². The molecule has 0 radical (unpaired) electrons. The van der Waals surface area contributed by atoms with Crippen LogP contribution >= 0.6 is 34.7 Å². The van der Waals surface area contributed by atoms with Gasteiger partial charge >= 0.3 is 5.97 Å². The molecule has 1 N–H and O–H groups in total. The standard InChI is InChI=1S/C16H18ClN3O3S2/c1-3-12(24-9-13(21)23-4-2)14(22)18-16-20-19-15(25-16)10-5-7-11(17)8-6-10/h5-8,12H,3-4,9H2,1-2H3,(H,18,20,22). The van der Waals surface area contributed by atoms with Crippen molar-refractivity contribution in [3.63, 3.8) is 0 Å². The Morgan fingerprint density at radius 3 is 2.64 bits per heavy atom. The van der Waals surface area contributed by atoms with Gasteiger partial charge in [0.1, 0.15) is 5.01 Å². The van der Waals surface area contributed by atoms with E-state index in [1.807, 2.05) is 19.1 Å². The summed E-state index contributed by atoms with van der Waals surface area (Å²) in [5.41, 5.74) is 0.881. The van der Waals surface area contributed by atoms with E-state index in [0.717, 1.165) is 5.56 Å². The normalized spacial score (nSPS) is 11.8. The number of esters is 1. The molecular formula is C16H18ClN3O3S2. The summed E-state index contributed by atoms with van der Waals surface area (Å²) in [7, 11) is 0. The van der Waals surface area contributed by atoms with Gasteiger partial charge in [0.15, 0.2) is 0 Å². The minimum Gasteiger partial charge on any atom is -0.465 e. The van der Waals surface area contributed by atoms with Crippen LogP contribution in [0.3, 0.4) is 0 Å². The molecule has 134 valence electrons. The van der Waals surface area contributed by atoms with E-state index in [-0.39, 0.29) is 22.9 Å². The minimum atomic E-state index is -0.354. The average Bonchev–Trinajstić information content (AvgIpc) is 3.04. The van der Waals surface area contributed by atoms with Gasteiger partial charge in [-0.25, -0.2) is 0 Å². The Kier molecular flexibility index (Phi) is 7.67. The van der Waals surface area contributed by atoms with E-state index in [2.05, 4.69) is 15.5 Å². The van der Waals surface area contributed by atoms with Gasteiger partial charge in [-0.05, 0) is 25.5 Å². The first-order valence-corrected chi connectivity index (χ1v) is 9.95. The third-order valence-electron chi connectivity index (χ3n) is 3.12. The van der Waals surface area contributed by atoms with Crippen LogP contribution in [0.4, 0.5) is 5.13 Å². The maximum absolute atomic E-state index is 12.3. The number of hydrogen-bond donors (Lipinski definition) is 1. The molecule has 0 spiro atoms. The van der Waals surface area contributed by atoms with Crippen molar-refractivity contribution in [2.45, 2.75) is 25.5 Å². The van der Waals surface area contributed by atoms with E-state index in [1.54, 1.807) is 19.1 Å². The van der Waals surface area contributed by atoms with Crippen LogP contribution in [0.5, 0.6) is 0 Å². The molecule has 0 aliphatic heterocycles. The van der Waals surface area contributed by atoms with E-state index in [1.165, 1.54) is 23.1 Å². The van der Waals surface area contributed by atoms with Gasteiger partial charge in [0.2, 0.25) is 11.0 Å². The number of nitrogens with one attached hydrogen (secondary N) is 1. The molecule has 2 aromatic rings. The minimum absolute atomic E-state index is 0.145. The van der Waals surface area contributed by atoms with Gasteiger partial charge in [0.25, 0.3) is 0 Å². The van der Waals surface area contributed by atoms with Crippen LogP contribution in [-0.2, 0) is 14.3 Å².